The fourth-order valence-electron chi connectivity index (χ4n) is 11.0. The normalized spacial score (nSPS) is 12.1. The van der Waals surface area contributed by atoms with Gasteiger partial charge in [0.2, 0.25) is 0 Å². The molecule has 0 atom stereocenters. The maximum Gasteiger partial charge on any atom is 0.164 e. The maximum absolute atomic E-state index is 6.87. The van der Waals surface area contributed by atoms with Crippen LogP contribution in [0.15, 0.2) is 229 Å². The predicted molar refractivity (Wildman–Crippen MR) is 285 cm³/mol. The Morgan fingerprint density at radius 1 is 0.319 bits per heavy atom. The number of nitrogens with zero attached hydrogens (tertiary/aromatic N) is 5. The molecule has 4 aromatic heterocycles. The largest absolute Gasteiger partial charge is 0.455 e. The summed E-state index contributed by atoms with van der Waals surface area (Å²) in [5.41, 5.74) is 11.1. The van der Waals surface area contributed by atoms with E-state index in [9.17, 15) is 0 Å². The lowest BCUT2D eigenvalue weighted by molar-refractivity contribution is 0.672. The maximum atomic E-state index is 6.87. The van der Waals surface area contributed by atoms with Crippen molar-refractivity contribution in [3.8, 4) is 45.5 Å². The zero-order valence-corrected chi connectivity index (χ0v) is 37.0. The topological polar surface area (TPSA) is 61.7 Å². The molecule has 6 heteroatoms. The van der Waals surface area contributed by atoms with E-state index in [1.807, 2.05) is 18.2 Å². The van der Waals surface area contributed by atoms with E-state index in [0.29, 0.717) is 17.5 Å². The van der Waals surface area contributed by atoms with Crippen molar-refractivity contribution in [2.24, 2.45) is 0 Å². The van der Waals surface area contributed by atoms with Gasteiger partial charge in [0.05, 0.1) is 27.8 Å². The van der Waals surface area contributed by atoms with Crippen LogP contribution in [0.3, 0.4) is 0 Å². The highest BCUT2D eigenvalue weighted by molar-refractivity contribution is 6.22. The Morgan fingerprint density at radius 2 is 0.884 bits per heavy atom. The van der Waals surface area contributed by atoms with E-state index in [4.69, 9.17) is 19.4 Å². The minimum Gasteiger partial charge on any atom is -0.455 e. The van der Waals surface area contributed by atoms with Crippen molar-refractivity contribution in [1.29, 1.82) is 0 Å². The highest BCUT2D eigenvalue weighted by Gasteiger charge is 2.23. The monoisotopic (exact) mass is 879 g/mol. The molecule has 0 N–H and O–H groups in total. The smallest absolute Gasteiger partial charge is 0.164 e. The molecule has 11 aromatic carbocycles. The van der Waals surface area contributed by atoms with Gasteiger partial charge in [-0.15, -0.1) is 0 Å². The van der Waals surface area contributed by atoms with Crippen molar-refractivity contribution < 1.29 is 4.42 Å². The van der Waals surface area contributed by atoms with Gasteiger partial charge in [-0.05, 0) is 94.3 Å². The third-order valence-electron chi connectivity index (χ3n) is 14.1. The number of hydrogen-bond acceptors (Lipinski definition) is 4. The van der Waals surface area contributed by atoms with Crippen LogP contribution in [0.2, 0.25) is 0 Å². The minimum atomic E-state index is 0.584. The number of hydrogen-bond donors (Lipinski definition) is 0. The van der Waals surface area contributed by atoms with Crippen LogP contribution in [0.4, 0.5) is 0 Å². The van der Waals surface area contributed by atoms with Crippen molar-refractivity contribution in [3.05, 3.63) is 224 Å². The summed E-state index contributed by atoms with van der Waals surface area (Å²) in [4.78, 5) is 15.8. The second-order valence-electron chi connectivity index (χ2n) is 18.0. The van der Waals surface area contributed by atoms with E-state index >= 15 is 0 Å². The lowest BCUT2D eigenvalue weighted by Crippen LogP contribution is -2.00. The molecule has 15 aromatic rings. The molecule has 4 heterocycles. The van der Waals surface area contributed by atoms with Crippen molar-refractivity contribution in [2.75, 3.05) is 0 Å². The fraction of sp³-hybridized carbons (Fsp3) is 0. The first kappa shape index (κ1) is 37.8. The Labute approximate surface area is 394 Å². The Balaban J connectivity index is 0.981. The summed E-state index contributed by atoms with van der Waals surface area (Å²) in [7, 11) is 0. The van der Waals surface area contributed by atoms with Gasteiger partial charge >= 0.3 is 0 Å². The molecule has 320 valence electrons. The van der Waals surface area contributed by atoms with E-state index in [0.717, 1.165) is 93.6 Å². The molecule has 0 unspecified atom stereocenters. The van der Waals surface area contributed by atoms with Crippen molar-refractivity contribution in [2.45, 2.75) is 0 Å². The Kier molecular flexibility index (Phi) is 7.97. The molecule has 0 aliphatic rings. The average Bonchev–Trinajstić information content (AvgIpc) is 4.06. The van der Waals surface area contributed by atoms with Crippen LogP contribution in [0, 0.1) is 0 Å². The Bertz CT molecular complexity index is 4510. The Hall–Kier alpha value is -9.39. The van der Waals surface area contributed by atoms with Gasteiger partial charge in [0.1, 0.15) is 11.2 Å². The summed E-state index contributed by atoms with van der Waals surface area (Å²) in [5, 5.41) is 13.7. The first-order valence-electron chi connectivity index (χ1n) is 23.3. The van der Waals surface area contributed by atoms with E-state index in [1.54, 1.807) is 0 Å². The number of benzene rings is 11. The lowest BCUT2D eigenvalue weighted by Gasteiger charge is -2.13. The van der Waals surface area contributed by atoms with Crippen LogP contribution in [0.25, 0.3) is 143 Å². The van der Waals surface area contributed by atoms with E-state index in [2.05, 4.69) is 215 Å². The van der Waals surface area contributed by atoms with Gasteiger partial charge in [0.25, 0.3) is 0 Å². The van der Waals surface area contributed by atoms with Gasteiger partial charge in [-0.1, -0.05) is 152 Å². The van der Waals surface area contributed by atoms with Crippen LogP contribution in [-0.4, -0.2) is 24.1 Å². The first-order chi connectivity index (χ1) is 34.2. The van der Waals surface area contributed by atoms with Gasteiger partial charge in [-0.25, -0.2) is 15.0 Å². The highest BCUT2D eigenvalue weighted by Crippen LogP contribution is 2.44. The van der Waals surface area contributed by atoms with Crippen LogP contribution >= 0.6 is 0 Å². The molecule has 69 heavy (non-hydrogen) atoms. The average molecular weight is 880 g/mol. The van der Waals surface area contributed by atoms with Crippen LogP contribution in [-0.2, 0) is 0 Å². The predicted octanol–water partition coefficient (Wildman–Crippen LogP) is 16.4. The van der Waals surface area contributed by atoms with Crippen LogP contribution < -0.4 is 0 Å². The van der Waals surface area contributed by atoms with Gasteiger partial charge in [0, 0.05) is 65.5 Å². The number of aromatic nitrogens is 5. The molecule has 0 saturated heterocycles. The molecule has 0 aliphatic heterocycles. The summed E-state index contributed by atoms with van der Waals surface area (Å²) < 4.78 is 11.7. The molecule has 0 aliphatic carbocycles. The quantitative estimate of drug-likeness (QED) is 0.173. The standard InChI is InChI=1S/C63H37N5O/c1-3-16-38(17-4-1)61-64-62(66-63(65-61)48-27-15-29-54-59(48)47-26-13-14-28-53(47)67(54)44-22-5-2-6-23-44)43-30-31-58-51(34-43)52-37-57(45-24-11-12-25-46(45)60(52)69-58)68-55-35-41-20-9-7-18-39(41)32-49(55)50-33-40-19-8-10-21-42(40)36-56(50)68/h1-37H. The zero-order valence-electron chi connectivity index (χ0n) is 37.0. The number of furan rings is 1. The SMILES string of the molecule is c1ccc(-c2nc(-c3ccc4oc5c6ccccc6c(-n6c7cc8ccccc8cc7c7cc8ccccc8cc76)cc5c4c3)nc(-c3cccc4c3c3ccccc3n4-c3ccccc3)n2)cc1. The number of para-hydroxylation sites is 2. The van der Waals surface area contributed by atoms with Crippen molar-refractivity contribution >= 4 is 97.9 Å². The molecular weight excluding hydrogens is 843 g/mol. The number of fused-ring (bicyclic) bond motifs is 13. The van der Waals surface area contributed by atoms with E-state index in [-0.39, 0.29) is 0 Å². The zero-order chi connectivity index (χ0) is 45.2. The van der Waals surface area contributed by atoms with Crippen molar-refractivity contribution in [3.63, 3.8) is 0 Å². The molecular formula is C63H37N5O. The summed E-state index contributed by atoms with van der Waals surface area (Å²) >= 11 is 0. The molecule has 15 rings (SSSR count). The molecule has 0 bridgehead atoms. The second kappa shape index (κ2) is 14.6. The summed E-state index contributed by atoms with van der Waals surface area (Å²) in [5.74, 6) is 1.80. The fourth-order valence-corrected chi connectivity index (χ4v) is 11.0. The third-order valence-corrected chi connectivity index (χ3v) is 14.1. The highest BCUT2D eigenvalue weighted by atomic mass is 16.3. The van der Waals surface area contributed by atoms with Gasteiger partial charge in [-0.2, -0.15) is 0 Å². The van der Waals surface area contributed by atoms with Gasteiger partial charge in [-0.3, -0.25) is 0 Å². The summed E-state index contributed by atoms with van der Waals surface area (Å²) in [6, 6.07) is 79.8. The molecule has 0 spiro atoms. The Morgan fingerprint density at radius 3 is 1.59 bits per heavy atom. The molecule has 0 saturated carbocycles. The molecule has 0 amide bonds. The first-order valence-corrected chi connectivity index (χ1v) is 23.3. The minimum absolute atomic E-state index is 0.584. The van der Waals surface area contributed by atoms with Crippen molar-refractivity contribution in [1.82, 2.24) is 24.1 Å². The number of rotatable bonds is 5. The molecule has 0 radical (unpaired) electrons. The molecule has 0 fully saturated rings. The van der Waals surface area contributed by atoms with Gasteiger partial charge < -0.3 is 13.6 Å². The van der Waals surface area contributed by atoms with Crippen LogP contribution in [0.5, 0.6) is 0 Å². The summed E-state index contributed by atoms with van der Waals surface area (Å²) in [6.07, 6.45) is 0. The van der Waals surface area contributed by atoms with Crippen LogP contribution in [0.1, 0.15) is 0 Å². The van der Waals surface area contributed by atoms with E-state index in [1.165, 1.54) is 32.3 Å². The second-order valence-corrected chi connectivity index (χ2v) is 18.0. The molecule has 6 nitrogen and oxygen atoms in total. The van der Waals surface area contributed by atoms with E-state index < -0.39 is 0 Å². The van der Waals surface area contributed by atoms with Gasteiger partial charge in [0.15, 0.2) is 17.5 Å². The summed E-state index contributed by atoms with van der Waals surface area (Å²) in [6.45, 7) is 0. The third kappa shape index (κ3) is 5.69. The lowest BCUT2D eigenvalue weighted by atomic mass is 10.0.